The second kappa shape index (κ2) is 7.39. The van der Waals surface area contributed by atoms with Crippen molar-refractivity contribution >= 4 is 17.2 Å². The minimum absolute atomic E-state index is 0.736. The summed E-state index contributed by atoms with van der Waals surface area (Å²) in [6.07, 6.45) is 3.16. The Morgan fingerprint density at radius 1 is 1.08 bits per heavy atom. The van der Waals surface area contributed by atoms with E-state index in [1.54, 1.807) is 0 Å². The second-order valence-electron chi connectivity index (χ2n) is 7.16. The fourth-order valence-electron chi connectivity index (χ4n) is 3.61. The van der Waals surface area contributed by atoms with Gasteiger partial charge in [0.25, 0.3) is 0 Å². The van der Waals surface area contributed by atoms with Crippen LogP contribution in [0, 0.1) is 13.8 Å². The molecule has 2 aromatic heterocycles. The fraction of sp³-hybridized carbons (Fsp3) is 0.381. The van der Waals surface area contributed by atoms with Gasteiger partial charge in [0.1, 0.15) is 5.65 Å². The number of aryl methyl sites for hydroxylation is 2. The van der Waals surface area contributed by atoms with E-state index in [2.05, 4.69) is 46.7 Å². The van der Waals surface area contributed by atoms with Crippen LogP contribution in [-0.4, -0.2) is 40.5 Å². The number of pyridine rings is 1. The molecule has 26 heavy (non-hydrogen) atoms. The maximum Gasteiger partial charge on any atom is 0.137 e. The average Bonchev–Trinajstić information content (AvgIpc) is 2.80. The molecule has 0 atom stereocenters. The number of nitrogens with zero attached hydrogens (tertiary/aromatic N) is 3. The molecule has 1 aromatic carbocycles. The Labute approximate surface area is 159 Å². The number of imidazole rings is 1. The average molecular weight is 369 g/mol. The number of rotatable bonds is 3. The number of hydrogen-bond donors (Lipinski definition) is 1. The molecule has 5 heteroatoms. The Hall–Kier alpha value is -1.88. The Balaban J connectivity index is 1.81. The number of nitrogens with one attached hydrogen (secondary N) is 1. The quantitative estimate of drug-likeness (QED) is 0.756. The highest BCUT2D eigenvalue weighted by atomic mass is 35.5. The van der Waals surface area contributed by atoms with Crippen molar-refractivity contribution in [2.24, 2.45) is 0 Å². The molecule has 136 valence electrons. The highest BCUT2D eigenvalue weighted by molar-refractivity contribution is 6.30. The van der Waals surface area contributed by atoms with Crippen LogP contribution in [0.15, 0.2) is 36.5 Å². The van der Waals surface area contributed by atoms with Gasteiger partial charge < -0.3 is 9.72 Å². The summed E-state index contributed by atoms with van der Waals surface area (Å²) in [5.74, 6) is 0. The molecule has 1 saturated heterocycles. The van der Waals surface area contributed by atoms with Crippen molar-refractivity contribution in [1.82, 2.24) is 19.6 Å². The standard InChI is InChI=1S/C21H25ClN4/c1-15-4-5-17(12-16(15)2)21-19(14-25-10-3-8-23-9-11-25)26-13-18(22)6-7-20(26)24-21/h4-7,12-13,23H,3,8-11,14H2,1-2H3. The van der Waals surface area contributed by atoms with Gasteiger partial charge in [0.2, 0.25) is 0 Å². The van der Waals surface area contributed by atoms with Crippen molar-refractivity contribution in [2.75, 3.05) is 26.2 Å². The molecule has 1 fully saturated rings. The van der Waals surface area contributed by atoms with Gasteiger partial charge >= 0.3 is 0 Å². The number of benzene rings is 1. The molecule has 0 unspecified atom stereocenters. The van der Waals surface area contributed by atoms with Crippen molar-refractivity contribution in [3.05, 3.63) is 58.4 Å². The predicted octanol–water partition coefficient (Wildman–Crippen LogP) is 4.07. The first-order valence-electron chi connectivity index (χ1n) is 9.29. The van der Waals surface area contributed by atoms with Crippen LogP contribution in [0.25, 0.3) is 16.9 Å². The number of hydrogen-bond acceptors (Lipinski definition) is 3. The lowest BCUT2D eigenvalue weighted by Crippen LogP contribution is -2.28. The lowest BCUT2D eigenvalue weighted by molar-refractivity contribution is 0.281. The van der Waals surface area contributed by atoms with Crippen LogP contribution < -0.4 is 5.32 Å². The monoisotopic (exact) mass is 368 g/mol. The van der Waals surface area contributed by atoms with Gasteiger partial charge in [-0.1, -0.05) is 23.7 Å². The van der Waals surface area contributed by atoms with Crippen LogP contribution in [0.2, 0.25) is 5.02 Å². The third-order valence-electron chi connectivity index (χ3n) is 5.27. The van der Waals surface area contributed by atoms with Gasteiger partial charge in [-0.3, -0.25) is 4.90 Å². The molecule has 4 nitrogen and oxygen atoms in total. The highest BCUT2D eigenvalue weighted by Crippen LogP contribution is 2.28. The molecule has 0 radical (unpaired) electrons. The number of halogens is 1. The Morgan fingerprint density at radius 2 is 1.96 bits per heavy atom. The SMILES string of the molecule is Cc1ccc(-c2nc3ccc(Cl)cn3c2CN2CCCNCC2)cc1C. The molecule has 1 aliphatic rings. The van der Waals surface area contributed by atoms with Gasteiger partial charge in [-0.05, 0) is 62.7 Å². The molecular weight excluding hydrogens is 344 g/mol. The van der Waals surface area contributed by atoms with Gasteiger partial charge in [0, 0.05) is 31.4 Å². The smallest absolute Gasteiger partial charge is 0.137 e. The lowest BCUT2D eigenvalue weighted by Gasteiger charge is -2.20. The van der Waals surface area contributed by atoms with Gasteiger partial charge in [-0.15, -0.1) is 0 Å². The van der Waals surface area contributed by atoms with Crippen LogP contribution in [0.1, 0.15) is 23.2 Å². The van der Waals surface area contributed by atoms with E-state index < -0.39 is 0 Å². The molecule has 0 bridgehead atoms. The molecule has 1 N–H and O–H groups in total. The normalized spacial score (nSPS) is 16.1. The van der Waals surface area contributed by atoms with Crippen LogP contribution >= 0.6 is 11.6 Å². The number of aromatic nitrogens is 2. The van der Waals surface area contributed by atoms with Crippen molar-refractivity contribution in [1.29, 1.82) is 0 Å². The van der Waals surface area contributed by atoms with E-state index >= 15 is 0 Å². The van der Waals surface area contributed by atoms with Crippen molar-refractivity contribution in [3.8, 4) is 11.3 Å². The van der Waals surface area contributed by atoms with Crippen LogP contribution in [-0.2, 0) is 6.54 Å². The molecular formula is C21H25ClN4. The summed E-state index contributed by atoms with van der Waals surface area (Å²) in [5.41, 5.74) is 7.00. The first-order chi connectivity index (χ1) is 12.6. The Bertz CT molecular complexity index is 923. The number of fused-ring (bicyclic) bond motifs is 1. The Kier molecular flexibility index (Phi) is 4.98. The molecule has 4 rings (SSSR count). The molecule has 3 heterocycles. The largest absolute Gasteiger partial charge is 0.315 e. The molecule has 3 aromatic rings. The summed E-state index contributed by atoms with van der Waals surface area (Å²) in [5, 5.41) is 4.21. The van der Waals surface area contributed by atoms with Crippen molar-refractivity contribution in [2.45, 2.75) is 26.8 Å². The summed E-state index contributed by atoms with van der Waals surface area (Å²) in [4.78, 5) is 7.45. The maximum atomic E-state index is 6.29. The summed E-state index contributed by atoms with van der Waals surface area (Å²) in [6, 6.07) is 10.5. The molecule has 0 saturated carbocycles. The highest BCUT2D eigenvalue weighted by Gasteiger charge is 2.18. The zero-order chi connectivity index (χ0) is 18.1. The molecule has 0 spiro atoms. The minimum Gasteiger partial charge on any atom is -0.315 e. The van der Waals surface area contributed by atoms with Crippen LogP contribution in [0.4, 0.5) is 0 Å². The summed E-state index contributed by atoms with van der Waals surface area (Å²) < 4.78 is 2.16. The first kappa shape index (κ1) is 17.5. The van der Waals surface area contributed by atoms with E-state index in [0.717, 1.165) is 49.1 Å². The van der Waals surface area contributed by atoms with Gasteiger partial charge in [0.15, 0.2) is 0 Å². The van der Waals surface area contributed by atoms with Crippen LogP contribution in [0.5, 0.6) is 0 Å². The van der Waals surface area contributed by atoms with E-state index in [1.165, 1.54) is 28.8 Å². The Morgan fingerprint density at radius 3 is 2.81 bits per heavy atom. The van der Waals surface area contributed by atoms with E-state index in [9.17, 15) is 0 Å². The topological polar surface area (TPSA) is 32.6 Å². The van der Waals surface area contributed by atoms with Gasteiger partial charge in [-0.25, -0.2) is 4.98 Å². The van der Waals surface area contributed by atoms with Gasteiger partial charge in [0.05, 0.1) is 16.4 Å². The minimum atomic E-state index is 0.736. The predicted molar refractivity (Wildman–Crippen MR) is 108 cm³/mol. The zero-order valence-corrected chi connectivity index (χ0v) is 16.2. The molecule has 0 amide bonds. The summed E-state index contributed by atoms with van der Waals surface area (Å²) >= 11 is 6.29. The molecule has 0 aliphatic carbocycles. The van der Waals surface area contributed by atoms with E-state index in [-0.39, 0.29) is 0 Å². The third-order valence-corrected chi connectivity index (χ3v) is 5.49. The van der Waals surface area contributed by atoms with E-state index in [1.807, 2.05) is 18.3 Å². The lowest BCUT2D eigenvalue weighted by atomic mass is 10.0. The van der Waals surface area contributed by atoms with Crippen molar-refractivity contribution in [3.63, 3.8) is 0 Å². The second-order valence-corrected chi connectivity index (χ2v) is 7.60. The van der Waals surface area contributed by atoms with E-state index in [4.69, 9.17) is 16.6 Å². The summed E-state index contributed by atoms with van der Waals surface area (Å²) in [7, 11) is 0. The maximum absolute atomic E-state index is 6.29. The fourth-order valence-corrected chi connectivity index (χ4v) is 3.77. The zero-order valence-electron chi connectivity index (χ0n) is 15.4. The van der Waals surface area contributed by atoms with Crippen molar-refractivity contribution < 1.29 is 0 Å². The summed E-state index contributed by atoms with van der Waals surface area (Å²) in [6.45, 7) is 9.48. The van der Waals surface area contributed by atoms with E-state index in [0.29, 0.717) is 0 Å². The van der Waals surface area contributed by atoms with Crippen LogP contribution in [0.3, 0.4) is 0 Å². The first-order valence-corrected chi connectivity index (χ1v) is 9.67. The molecule has 1 aliphatic heterocycles. The third kappa shape index (κ3) is 3.50. The van der Waals surface area contributed by atoms with Gasteiger partial charge in [-0.2, -0.15) is 0 Å².